The number of carbonyl (C=O) groups is 3. The molecule has 2 unspecified atom stereocenters. The smallest absolute Gasteiger partial charge is 0.407 e. The lowest BCUT2D eigenvalue weighted by atomic mass is 9.96. The number of rotatable bonds is 11. The Bertz CT molecular complexity index is 976. The van der Waals surface area contributed by atoms with Crippen molar-refractivity contribution < 1.29 is 29.3 Å². The molecule has 0 aromatic heterocycles. The number of amides is 2. The quantitative estimate of drug-likeness (QED) is 0.402. The second-order valence-electron chi connectivity index (χ2n) is 9.03. The molecule has 0 saturated carbocycles. The van der Waals surface area contributed by atoms with Crippen molar-refractivity contribution in [3.8, 4) is 11.1 Å². The van der Waals surface area contributed by atoms with Gasteiger partial charge in [0.05, 0.1) is 18.4 Å². The summed E-state index contributed by atoms with van der Waals surface area (Å²) < 4.78 is 5.53. The zero-order chi connectivity index (χ0) is 24.7. The molecule has 182 valence electrons. The van der Waals surface area contributed by atoms with Gasteiger partial charge in [-0.05, 0) is 34.6 Å². The van der Waals surface area contributed by atoms with E-state index in [9.17, 15) is 19.5 Å². The van der Waals surface area contributed by atoms with Crippen LogP contribution >= 0.6 is 0 Å². The van der Waals surface area contributed by atoms with E-state index in [2.05, 4.69) is 22.8 Å². The molecule has 1 aliphatic rings. The number of carboxylic acid groups (broad SMARTS) is 1. The van der Waals surface area contributed by atoms with Crippen molar-refractivity contribution in [2.24, 2.45) is 11.8 Å². The average molecular weight is 469 g/mol. The predicted octanol–water partition coefficient (Wildman–Crippen LogP) is 3.14. The van der Waals surface area contributed by atoms with Crippen LogP contribution in [0.5, 0.6) is 0 Å². The molecule has 0 bridgehead atoms. The van der Waals surface area contributed by atoms with Crippen LogP contribution in [0.2, 0.25) is 0 Å². The van der Waals surface area contributed by atoms with Gasteiger partial charge in [0.15, 0.2) is 0 Å². The molecular weight excluding hydrogens is 436 g/mol. The largest absolute Gasteiger partial charge is 0.481 e. The highest BCUT2D eigenvalue weighted by Crippen LogP contribution is 2.44. The van der Waals surface area contributed by atoms with Crippen LogP contribution in [0.25, 0.3) is 11.1 Å². The van der Waals surface area contributed by atoms with Gasteiger partial charge in [-0.25, -0.2) is 4.79 Å². The maximum Gasteiger partial charge on any atom is 0.407 e. The average Bonchev–Trinajstić information content (AvgIpc) is 3.12. The normalized spacial score (nSPS) is 14.1. The van der Waals surface area contributed by atoms with Crippen molar-refractivity contribution in [2.45, 2.75) is 38.7 Å². The Balaban J connectivity index is 1.54. The number of carbonyl (C=O) groups excluding carboxylic acids is 2. The second-order valence-corrected chi connectivity index (χ2v) is 9.03. The Hall–Kier alpha value is -3.39. The lowest BCUT2D eigenvalue weighted by Crippen LogP contribution is -2.42. The monoisotopic (exact) mass is 468 g/mol. The summed E-state index contributed by atoms with van der Waals surface area (Å²) in [7, 11) is 0. The number of hydrogen-bond acceptors (Lipinski definition) is 5. The molecule has 2 aromatic rings. The molecule has 0 saturated heterocycles. The van der Waals surface area contributed by atoms with E-state index >= 15 is 0 Å². The van der Waals surface area contributed by atoms with Gasteiger partial charge in [-0.15, -0.1) is 0 Å². The van der Waals surface area contributed by atoms with E-state index < -0.39 is 30.5 Å². The highest BCUT2D eigenvalue weighted by molar-refractivity contribution is 5.80. The van der Waals surface area contributed by atoms with Crippen LogP contribution in [-0.2, 0) is 14.3 Å². The van der Waals surface area contributed by atoms with Gasteiger partial charge in [0.2, 0.25) is 5.91 Å². The van der Waals surface area contributed by atoms with E-state index in [4.69, 9.17) is 9.84 Å². The van der Waals surface area contributed by atoms with E-state index in [-0.39, 0.29) is 37.4 Å². The van der Waals surface area contributed by atoms with Gasteiger partial charge in [-0.1, -0.05) is 62.4 Å². The van der Waals surface area contributed by atoms with E-state index in [0.717, 1.165) is 22.3 Å². The Morgan fingerprint density at radius 2 is 1.53 bits per heavy atom. The molecule has 8 nitrogen and oxygen atoms in total. The topological polar surface area (TPSA) is 125 Å². The van der Waals surface area contributed by atoms with Crippen LogP contribution in [-0.4, -0.2) is 54.0 Å². The lowest BCUT2D eigenvalue weighted by Gasteiger charge is -2.20. The number of nitrogens with one attached hydrogen (secondary N) is 2. The number of fused-ring (bicyclic) bond motifs is 3. The second kappa shape index (κ2) is 11.7. The fourth-order valence-electron chi connectivity index (χ4n) is 4.34. The molecule has 0 fully saturated rings. The minimum absolute atomic E-state index is 0.0522. The summed E-state index contributed by atoms with van der Waals surface area (Å²) in [5, 5.41) is 23.7. The summed E-state index contributed by atoms with van der Waals surface area (Å²) in [6, 6.07) is 16.2. The highest BCUT2D eigenvalue weighted by atomic mass is 16.5. The zero-order valence-corrected chi connectivity index (χ0v) is 19.5. The number of aliphatic carboxylic acids is 1. The third-order valence-electron chi connectivity index (χ3n) is 5.89. The molecule has 0 aliphatic heterocycles. The van der Waals surface area contributed by atoms with Crippen molar-refractivity contribution >= 4 is 18.0 Å². The van der Waals surface area contributed by atoms with Gasteiger partial charge in [0.25, 0.3) is 0 Å². The number of aliphatic hydroxyl groups excluding tert-OH is 1. The van der Waals surface area contributed by atoms with Crippen LogP contribution in [0.1, 0.15) is 43.7 Å². The maximum atomic E-state index is 12.6. The van der Waals surface area contributed by atoms with Crippen molar-refractivity contribution in [3.05, 3.63) is 59.7 Å². The van der Waals surface area contributed by atoms with Gasteiger partial charge in [0.1, 0.15) is 6.61 Å². The summed E-state index contributed by atoms with van der Waals surface area (Å²) in [5.41, 5.74) is 4.53. The molecule has 1 aliphatic carbocycles. The van der Waals surface area contributed by atoms with E-state index in [1.54, 1.807) is 0 Å². The molecule has 0 radical (unpaired) electrons. The summed E-state index contributed by atoms with van der Waals surface area (Å²) in [6.45, 7) is 4.03. The summed E-state index contributed by atoms with van der Waals surface area (Å²) in [6.07, 6.45) is -1.71. The fourth-order valence-corrected chi connectivity index (χ4v) is 4.34. The Labute approximate surface area is 199 Å². The molecule has 0 heterocycles. The van der Waals surface area contributed by atoms with E-state index in [0.29, 0.717) is 6.42 Å². The first-order valence-corrected chi connectivity index (χ1v) is 11.5. The minimum atomic E-state index is -1.17. The van der Waals surface area contributed by atoms with Crippen molar-refractivity contribution in [1.82, 2.24) is 10.6 Å². The first-order valence-electron chi connectivity index (χ1n) is 11.5. The molecule has 0 spiro atoms. The number of hydrogen-bond donors (Lipinski definition) is 4. The third kappa shape index (κ3) is 6.57. The van der Waals surface area contributed by atoms with Gasteiger partial charge >= 0.3 is 12.1 Å². The van der Waals surface area contributed by atoms with Gasteiger partial charge < -0.3 is 25.6 Å². The van der Waals surface area contributed by atoms with Crippen molar-refractivity contribution in [3.63, 3.8) is 0 Å². The van der Waals surface area contributed by atoms with E-state index in [1.807, 2.05) is 50.2 Å². The minimum Gasteiger partial charge on any atom is -0.481 e. The first-order chi connectivity index (χ1) is 16.3. The number of alkyl carbamates (subject to hydrolysis) is 1. The molecule has 34 heavy (non-hydrogen) atoms. The summed E-state index contributed by atoms with van der Waals surface area (Å²) >= 11 is 0. The molecule has 2 aromatic carbocycles. The summed E-state index contributed by atoms with van der Waals surface area (Å²) in [4.78, 5) is 35.7. The highest BCUT2D eigenvalue weighted by Gasteiger charge is 2.29. The van der Waals surface area contributed by atoms with Crippen LogP contribution in [0.4, 0.5) is 4.79 Å². The molecule has 8 heteroatoms. The van der Waals surface area contributed by atoms with Gasteiger partial charge in [-0.2, -0.15) is 0 Å². The number of ether oxygens (including phenoxy) is 1. The molecular formula is C26H32N2O6. The van der Waals surface area contributed by atoms with Gasteiger partial charge in [-0.3, -0.25) is 9.59 Å². The Morgan fingerprint density at radius 1 is 0.941 bits per heavy atom. The van der Waals surface area contributed by atoms with Crippen LogP contribution in [0.15, 0.2) is 48.5 Å². The van der Waals surface area contributed by atoms with Crippen molar-refractivity contribution in [2.75, 3.05) is 19.7 Å². The number of benzene rings is 2. The Kier molecular flexibility index (Phi) is 8.65. The lowest BCUT2D eigenvalue weighted by molar-refractivity contribution is -0.139. The maximum absolute atomic E-state index is 12.6. The molecule has 2 atom stereocenters. The van der Waals surface area contributed by atoms with E-state index in [1.165, 1.54) is 0 Å². The number of carboxylic acids is 1. The predicted molar refractivity (Wildman–Crippen MR) is 127 cm³/mol. The fraction of sp³-hybridized carbons (Fsp3) is 0.423. The molecule has 4 N–H and O–H groups in total. The van der Waals surface area contributed by atoms with Crippen LogP contribution in [0.3, 0.4) is 0 Å². The van der Waals surface area contributed by atoms with Crippen molar-refractivity contribution in [1.29, 1.82) is 0 Å². The first kappa shape index (κ1) is 25.2. The zero-order valence-electron chi connectivity index (χ0n) is 19.5. The number of aliphatic hydroxyl groups is 1. The van der Waals surface area contributed by atoms with Crippen LogP contribution < -0.4 is 10.6 Å². The molecule has 3 rings (SSSR count). The Morgan fingerprint density at radius 3 is 2.09 bits per heavy atom. The SMILES string of the molecule is CC(C)CC(CNC(=O)OCC1c2ccccc2-c2ccccc21)C(=O)NCC(O)CC(=O)O. The third-order valence-corrected chi connectivity index (χ3v) is 5.89. The van der Waals surface area contributed by atoms with Gasteiger partial charge in [0, 0.05) is 19.0 Å². The molecule has 2 amide bonds. The standard InChI is InChI=1S/C26H32N2O6/c1-16(2)11-17(25(32)27-14-18(29)12-24(30)31)13-28-26(33)34-15-23-21-9-5-3-7-19(21)20-8-4-6-10-22(20)23/h3-10,16-18,23,29H,11-15H2,1-2H3,(H,27,32)(H,28,33)(H,30,31). The van der Waals surface area contributed by atoms with Crippen LogP contribution in [0, 0.1) is 11.8 Å². The summed E-state index contributed by atoms with van der Waals surface area (Å²) in [5.74, 6) is -1.88.